The Balaban J connectivity index is 1.82. The van der Waals surface area contributed by atoms with Gasteiger partial charge in [0.2, 0.25) is 0 Å². The van der Waals surface area contributed by atoms with Gasteiger partial charge in [0.15, 0.2) is 0 Å². The lowest BCUT2D eigenvalue weighted by atomic mass is 10.1. The van der Waals surface area contributed by atoms with E-state index < -0.39 is 6.10 Å². The topological polar surface area (TPSA) is 41.9 Å². The Bertz CT molecular complexity index is 400. The summed E-state index contributed by atoms with van der Waals surface area (Å²) in [5.41, 5.74) is 2.00. The van der Waals surface area contributed by atoms with Crippen LogP contribution in [0.15, 0.2) is 18.2 Å². The number of aryl methyl sites for hydroxylation is 1. The summed E-state index contributed by atoms with van der Waals surface area (Å²) in [7, 11) is 0. The van der Waals surface area contributed by atoms with E-state index in [-0.39, 0.29) is 0 Å². The van der Waals surface area contributed by atoms with E-state index in [1.165, 1.54) is 0 Å². The number of nitrogens with zero attached hydrogens (tertiary/aromatic N) is 1. The van der Waals surface area contributed by atoms with Gasteiger partial charge >= 0.3 is 0 Å². The molecule has 1 aromatic carbocycles. The SMILES string of the molecule is Cc1cc([C@@H](C)O)ccc1OCCN1CCOCC1. The predicted octanol–water partition coefficient (Wildman–Crippen LogP) is 1.76. The van der Waals surface area contributed by atoms with E-state index in [1.54, 1.807) is 6.92 Å². The van der Waals surface area contributed by atoms with Gasteiger partial charge in [0.1, 0.15) is 12.4 Å². The highest BCUT2D eigenvalue weighted by molar-refractivity contribution is 5.36. The second kappa shape index (κ2) is 6.89. The maximum absolute atomic E-state index is 9.53. The number of rotatable bonds is 5. The monoisotopic (exact) mass is 265 g/mol. The summed E-state index contributed by atoms with van der Waals surface area (Å²) >= 11 is 0. The Hall–Kier alpha value is -1.10. The van der Waals surface area contributed by atoms with Crippen molar-refractivity contribution in [2.45, 2.75) is 20.0 Å². The molecule has 0 amide bonds. The Morgan fingerprint density at radius 2 is 2.11 bits per heavy atom. The molecule has 1 heterocycles. The maximum atomic E-state index is 9.53. The van der Waals surface area contributed by atoms with E-state index in [0.717, 1.165) is 49.7 Å². The molecule has 1 N–H and O–H groups in total. The van der Waals surface area contributed by atoms with Crippen LogP contribution in [0.4, 0.5) is 0 Å². The molecule has 0 saturated carbocycles. The normalized spacial score (nSPS) is 18.3. The van der Waals surface area contributed by atoms with Crippen LogP contribution < -0.4 is 4.74 Å². The summed E-state index contributed by atoms with van der Waals surface area (Å²) in [5, 5.41) is 9.53. The third-order valence-electron chi connectivity index (χ3n) is 3.45. The van der Waals surface area contributed by atoms with E-state index in [9.17, 15) is 5.11 Å². The number of benzene rings is 1. The minimum Gasteiger partial charge on any atom is -0.492 e. The summed E-state index contributed by atoms with van der Waals surface area (Å²) in [5.74, 6) is 0.901. The van der Waals surface area contributed by atoms with Gasteiger partial charge in [0, 0.05) is 19.6 Å². The van der Waals surface area contributed by atoms with Gasteiger partial charge in [-0.1, -0.05) is 6.07 Å². The lowest BCUT2D eigenvalue weighted by molar-refractivity contribution is 0.0322. The van der Waals surface area contributed by atoms with Crippen LogP contribution in [0.25, 0.3) is 0 Å². The first kappa shape index (κ1) is 14.3. The van der Waals surface area contributed by atoms with E-state index >= 15 is 0 Å². The number of ether oxygens (including phenoxy) is 2. The first-order valence-corrected chi connectivity index (χ1v) is 6.88. The average Bonchev–Trinajstić information content (AvgIpc) is 2.41. The van der Waals surface area contributed by atoms with Gasteiger partial charge in [0.05, 0.1) is 19.3 Å². The first-order valence-electron chi connectivity index (χ1n) is 6.88. The molecule has 0 unspecified atom stereocenters. The number of morpholine rings is 1. The molecule has 1 aromatic rings. The molecule has 1 atom stereocenters. The number of aliphatic hydroxyl groups excluding tert-OH is 1. The molecule has 1 aliphatic rings. The van der Waals surface area contributed by atoms with Crippen molar-refractivity contribution in [3.63, 3.8) is 0 Å². The van der Waals surface area contributed by atoms with Crippen LogP contribution in [0.5, 0.6) is 5.75 Å². The highest BCUT2D eigenvalue weighted by Gasteiger charge is 2.10. The van der Waals surface area contributed by atoms with E-state index in [1.807, 2.05) is 25.1 Å². The van der Waals surface area contributed by atoms with Crippen LogP contribution in [0.2, 0.25) is 0 Å². The zero-order valence-electron chi connectivity index (χ0n) is 11.8. The van der Waals surface area contributed by atoms with Gasteiger partial charge < -0.3 is 14.6 Å². The third-order valence-corrected chi connectivity index (χ3v) is 3.45. The molecule has 0 aliphatic carbocycles. The minimum absolute atomic E-state index is 0.430. The van der Waals surface area contributed by atoms with Crippen LogP contribution in [-0.2, 0) is 4.74 Å². The van der Waals surface area contributed by atoms with Gasteiger partial charge in [-0.3, -0.25) is 4.90 Å². The fourth-order valence-electron chi connectivity index (χ4n) is 2.20. The average molecular weight is 265 g/mol. The van der Waals surface area contributed by atoms with Gasteiger partial charge in [0.25, 0.3) is 0 Å². The minimum atomic E-state index is -0.430. The van der Waals surface area contributed by atoms with Gasteiger partial charge in [-0.25, -0.2) is 0 Å². The molecule has 4 heteroatoms. The van der Waals surface area contributed by atoms with Crippen molar-refractivity contribution in [3.05, 3.63) is 29.3 Å². The fourth-order valence-corrected chi connectivity index (χ4v) is 2.20. The Morgan fingerprint density at radius 3 is 2.74 bits per heavy atom. The quantitative estimate of drug-likeness (QED) is 0.881. The van der Waals surface area contributed by atoms with Crippen molar-refractivity contribution in [1.82, 2.24) is 4.90 Å². The molecular formula is C15H23NO3. The maximum Gasteiger partial charge on any atom is 0.122 e. The molecule has 19 heavy (non-hydrogen) atoms. The second-order valence-electron chi connectivity index (χ2n) is 5.00. The zero-order valence-corrected chi connectivity index (χ0v) is 11.8. The summed E-state index contributed by atoms with van der Waals surface area (Å²) < 4.78 is 11.1. The number of hydrogen-bond acceptors (Lipinski definition) is 4. The smallest absolute Gasteiger partial charge is 0.122 e. The van der Waals surface area contributed by atoms with E-state index in [4.69, 9.17) is 9.47 Å². The standard InChI is InChI=1S/C15H23NO3/c1-12-11-14(13(2)17)3-4-15(12)19-10-7-16-5-8-18-9-6-16/h3-4,11,13,17H,5-10H2,1-2H3/t13-/m1/s1. The van der Waals surface area contributed by atoms with Crippen LogP contribution in [0.1, 0.15) is 24.2 Å². The first-order chi connectivity index (χ1) is 9.16. The van der Waals surface area contributed by atoms with Crippen molar-refractivity contribution in [2.75, 3.05) is 39.5 Å². The number of aliphatic hydroxyl groups is 1. The molecule has 1 aliphatic heterocycles. The van der Waals surface area contributed by atoms with Crippen molar-refractivity contribution in [1.29, 1.82) is 0 Å². The summed E-state index contributed by atoms with van der Waals surface area (Å²) in [4.78, 5) is 2.35. The summed E-state index contributed by atoms with van der Waals surface area (Å²) in [6, 6.07) is 5.84. The Morgan fingerprint density at radius 1 is 1.37 bits per heavy atom. The fraction of sp³-hybridized carbons (Fsp3) is 0.600. The molecular weight excluding hydrogens is 242 g/mol. The van der Waals surface area contributed by atoms with Crippen LogP contribution in [0.3, 0.4) is 0 Å². The van der Waals surface area contributed by atoms with E-state index in [0.29, 0.717) is 6.61 Å². The third kappa shape index (κ3) is 4.20. The van der Waals surface area contributed by atoms with Gasteiger partial charge in [-0.15, -0.1) is 0 Å². The second-order valence-corrected chi connectivity index (χ2v) is 5.00. The lowest BCUT2D eigenvalue weighted by Gasteiger charge is -2.26. The van der Waals surface area contributed by atoms with Crippen molar-refractivity contribution < 1.29 is 14.6 Å². The predicted molar refractivity (Wildman–Crippen MR) is 74.6 cm³/mol. The summed E-state index contributed by atoms with van der Waals surface area (Å²) in [6.07, 6.45) is -0.430. The van der Waals surface area contributed by atoms with Crippen molar-refractivity contribution >= 4 is 0 Å². The van der Waals surface area contributed by atoms with Gasteiger partial charge in [-0.05, 0) is 37.1 Å². The molecule has 1 fully saturated rings. The van der Waals surface area contributed by atoms with Crippen molar-refractivity contribution in [2.24, 2.45) is 0 Å². The van der Waals surface area contributed by atoms with E-state index in [2.05, 4.69) is 4.90 Å². The molecule has 0 spiro atoms. The molecule has 106 valence electrons. The molecule has 2 rings (SSSR count). The lowest BCUT2D eigenvalue weighted by Crippen LogP contribution is -2.38. The summed E-state index contributed by atoms with van der Waals surface area (Å²) in [6.45, 7) is 9.02. The zero-order chi connectivity index (χ0) is 13.7. The number of hydrogen-bond donors (Lipinski definition) is 1. The van der Waals surface area contributed by atoms with Gasteiger partial charge in [-0.2, -0.15) is 0 Å². The Kier molecular flexibility index (Phi) is 5.19. The van der Waals surface area contributed by atoms with Crippen molar-refractivity contribution in [3.8, 4) is 5.75 Å². The van der Waals surface area contributed by atoms with Crippen LogP contribution in [0, 0.1) is 6.92 Å². The molecule has 1 saturated heterocycles. The highest BCUT2D eigenvalue weighted by atomic mass is 16.5. The van der Waals surface area contributed by atoms with Crippen LogP contribution >= 0.6 is 0 Å². The Labute approximate surface area is 114 Å². The largest absolute Gasteiger partial charge is 0.492 e. The molecule has 0 aromatic heterocycles. The molecule has 4 nitrogen and oxygen atoms in total. The molecule has 0 bridgehead atoms. The molecule has 0 radical (unpaired) electrons. The highest BCUT2D eigenvalue weighted by Crippen LogP contribution is 2.22. The van der Waals surface area contributed by atoms with Crippen LogP contribution in [-0.4, -0.2) is 49.5 Å².